The lowest BCUT2D eigenvalue weighted by Crippen LogP contribution is -2.50. The Bertz CT molecular complexity index is 807. The molecule has 0 fully saturated rings. The Hall–Kier alpha value is -2.41. The average Bonchev–Trinajstić information content (AvgIpc) is 3.11. The Morgan fingerprint density at radius 1 is 1.10 bits per heavy atom. The molecular formula is C22H30FN3O2S. The molecule has 2 aromatic rings. The highest BCUT2D eigenvalue weighted by Gasteiger charge is 2.25. The van der Waals surface area contributed by atoms with Crippen molar-refractivity contribution in [2.45, 2.75) is 53.2 Å². The molecule has 0 radical (unpaired) electrons. The lowest BCUT2D eigenvalue weighted by Gasteiger charge is -2.31. The number of thiophene rings is 1. The minimum Gasteiger partial charge on any atom is -0.338 e. The summed E-state index contributed by atoms with van der Waals surface area (Å²) in [5, 5.41) is 2.79. The molecule has 1 heterocycles. The zero-order chi connectivity index (χ0) is 21.4. The molecule has 0 aliphatic carbocycles. The van der Waals surface area contributed by atoms with E-state index >= 15 is 0 Å². The third kappa shape index (κ3) is 6.85. The maximum Gasteiger partial charge on any atom is 0.318 e. The number of amides is 3. The molecule has 3 amide bonds. The first-order valence-electron chi connectivity index (χ1n) is 9.96. The first-order chi connectivity index (χ1) is 13.8. The van der Waals surface area contributed by atoms with Gasteiger partial charge in [-0.25, -0.2) is 9.18 Å². The monoisotopic (exact) mass is 419 g/mol. The molecule has 1 N–H and O–H groups in total. The standard InChI is InChI=1S/C22H30FN3O2S/c1-5-16(3)26(22(28)24-6-2)15-21(27)25(14-20-12-7-17(4)29-20)13-18-8-10-19(23)11-9-18/h7-12,16H,5-6,13-15H2,1-4H3,(H,24,28)/t16-/m1/s1. The van der Waals surface area contributed by atoms with E-state index < -0.39 is 0 Å². The van der Waals surface area contributed by atoms with Gasteiger partial charge >= 0.3 is 6.03 Å². The molecule has 0 unspecified atom stereocenters. The maximum atomic E-state index is 13.3. The van der Waals surface area contributed by atoms with E-state index in [0.29, 0.717) is 19.6 Å². The molecule has 0 spiro atoms. The summed E-state index contributed by atoms with van der Waals surface area (Å²) >= 11 is 1.64. The summed E-state index contributed by atoms with van der Waals surface area (Å²) in [6.45, 7) is 9.15. The van der Waals surface area contributed by atoms with Crippen molar-refractivity contribution in [2.75, 3.05) is 13.1 Å². The molecule has 2 rings (SSSR count). The molecule has 0 bridgehead atoms. The normalized spacial score (nSPS) is 11.8. The van der Waals surface area contributed by atoms with Gasteiger partial charge < -0.3 is 15.1 Å². The van der Waals surface area contributed by atoms with Crippen LogP contribution < -0.4 is 5.32 Å². The number of hydrogen-bond donors (Lipinski definition) is 1. The van der Waals surface area contributed by atoms with E-state index in [0.717, 1.165) is 16.9 Å². The Morgan fingerprint density at radius 3 is 2.34 bits per heavy atom. The number of halogens is 1. The molecule has 1 atom stereocenters. The van der Waals surface area contributed by atoms with Crippen LogP contribution in [0.2, 0.25) is 0 Å². The Morgan fingerprint density at radius 2 is 1.79 bits per heavy atom. The molecule has 7 heteroatoms. The number of nitrogens with one attached hydrogen (secondary N) is 1. The van der Waals surface area contributed by atoms with E-state index in [9.17, 15) is 14.0 Å². The molecule has 5 nitrogen and oxygen atoms in total. The summed E-state index contributed by atoms with van der Waals surface area (Å²) in [5.41, 5.74) is 0.848. The van der Waals surface area contributed by atoms with Gasteiger partial charge in [0.05, 0.1) is 6.54 Å². The second-order valence-corrected chi connectivity index (χ2v) is 8.48. The van der Waals surface area contributed by atoms with Crippen LogP contribution >= 0.6 is 11.3 Å². The van der Waals surface area contributed by atoms with Crippen LogP contribution in [0.1, 0.15) is 42.5 Å². The van der Waals surface area contributed by atoms with Gasteiger partial charge in [0.15, 0.2) is 0 Å². The van der Waals surface area contributed by atoms with Crippen LogP contribution in [0, 0.1) is 12.7 Å². The summed E-state index contributed by atoms with van der Waals surface area (Å²) in [6.07, 6.45) is 0.756. The van der Waals surface area contributed by atoms with Gasteiger partial charge in [-0.3, -0.25) is 4.79 Å². The number of aryl methyl sites for hydroxylation is 1. The van der Waals surface area contributed by atoms with Crippen molar-refractivity contribution in [2.24, 2.45) is 0 Å². The van der Waals surface area contributed by atoms with Crippen molar-refractivity contribution >= 4 is 23.3 Å². The summed E-state index contributed by atoms with van der Waals surface area (Å²) in [6, 6.07) is 9.92. The molecule has 0 aliphatic heterocycles. The fourth-order valence-corrected chi connectivity index (χ4v) is 3.85. The molecule has 1 aromatic carbocycles. The van der Waals surface area contributed by atoms with Crippen molar-refractivity contribution in [1.29, 1.82) is 0 Å². The van der Waals surface area contributed by atoms with Gasteiger partial charge in [0.25, 0.3) is 0 Å². The third-order valence-corrected chi connectivity index (χ3v) is 5.78. The van der Waals surface area contributed by atoms with Crippen molar-refractivity contribution in [3.8, 4) is 0 Å². The fraction of sp³-hybridized carbons (Fsp3) is 0.455. The largest absolute Gasteiger partial charge is 0.338 e. The number of benzene rings is 1. The fourth-order valence-electron chi connectivity index (χ4n) is 2.95. The molecular weight excluding hydrogens is 389 g/mol. The molecule has 0 saturated carbocycles. The Labute approximate surface area is 176 Å². The van der Waals surface area contributed by atoms with Gasteiger partial charge in [0.2, 0.25) is 5.91 Å². The van der Waals surface area contributed by atoms with Gasteiger partial charge in [-0.1, -0.05) is 19.1 Å². The van der Waals surface area contributed by atoms with Gasteiger partial charge in [-0.15, -0.1) is 11.3 Å². The van der Waals surface area contributed by atoms with Crippen molar-refractivity contribution in [1.82, 2.24) is 15.1 Å². The minimum atomic E-state index is -0.306. The molecule has 0 saturated heterocycles. The quantitative estimate of drug-likeness (QED) is 0.648. The number of nitrogens with zero attached hydrogens (tertiary/aromatic N) is 2. The zero-order valence-corrected chi connectivity index (χ0v) is 18.4. The summed E-state index contributed by atoms with van der Waals surface area (Å²) in [5.74, 6) is -0.438. The number of rotatable bonds is 9. The highest BCUT2D eigenvalue weighted by Crippen LogP contribution is 2.19. The SMILES string of the molecule is CCNC(=O)N(CC(=O)N(Cc1ccc(F)cc1)Cc1ccc(C)s1)[C@H](C)CC. The topological polar surface area (TPSA) is 52.7 Å². The first kappa shape index (κ1) is 22.9. The second-order valence-electron chi connectivity index (χ2n) is 7.11. The Balaban J connectivity index is 2.21. The second kappa shape index (κ2) is 11.0. The number of carbonyl (C=O) groups is 2. The van der Waals surface area contributed by atoms with E-state index in [1.165, 1.54) is 17.0 Å². The van der Waals surface area contributed by atoms with Crippen LogP contribution in [-0.4, -0.2) is 40.9 Å². The zero-order valence-electron chi connectivity index (χ0n) is 17.6. The van der Waals surface area contributed by atoms with Crippen molar-refractivity contribution < 1.29 is 14.0 Å². The van der Waals surface area contributed by atoms with E-state index in [4.69, 9.17) is 0 Å². The van der Waals surface area contributed by atoms with Crippen molar-refractivity contribution in [3.63, 3.8) is 0 Å². The Kier molecular flexibility index (Phi) is 8.64. The third-order valence-electron chi connectivity index (χ3n) is 4.80. The minimum absolute atomic E-state index is 0.00634. The van der Waals surface area contributed by atoms with Crippen LogP contribution in [0.15, 0.2) is 36.4 Å². The van der Waals surface area contributed by atoms with Crippen LogP contribution in [0.25, 0.3) is 0 Å². The van der Waals surface area contributed by atoms with Gasteiger partial charge in [-0.2, -0.15) is 0 Å². The van der Waals surface area contributed by atoms with Crippen LogP contribution in [-0.2, 0) is 17.9 Å². The van der Waals surface area contributed by atoms with Crippen LogP contribution in [0.3, 0.4) is 0 Å². The number of hydrogen-bond acceptors (Lipinski definition) is 3. The number of carbonyl (C=O) groups excluding carboxylic acids is 2. The summed E-state index contributed by atoms with van der Waals surface area (Å²) in [4.78, 5) is 31.2. The average molecular weight is 420 g/mol. The highest BCUT2D eigenvalue weighted by molar-refractivity contribution is 7.11. The molecule has 29 heavy (non-hydrogen) atoms. The van der Waals surface area contributed by atoms with Crippen molar-refractivity contribution in [3.05, 3.63) is 57.5 Å². The van der Waals surface area contributed by atoms with E-state index in [2.05, 4.69) is 5.32 Å². The predicted octanol–water partition coefficient (Wildman–Crippen LogP) is 4.55. The molecule has 0 aliphatic rings. The number of urea groups is 1. The van der Waals surface area contributed by atoms with Crippen LogP contribution in [0.4, 0.5) is 9.18 Å². The van der Waals surface area contributed by atoms with E-state index in [-0.39, 0.29) is 30.3 Å². The first-order valence-corrected chi connectivity index (χ1v) is 10.8. The van der Waals surface area contributed by atoms with E-state index in [1.54, 1.807) is 33.3 Å². The maximum absolute atomic E-state index is 13.3. The highest BCUT2D eigenvalue weighted by atomic mass is 32.1. The van der Waals surface area contributed by atoms with E-state index in [1.807, 2.05) is 39.8 Å². The smallest absolute Gasteiger partial charge is 0.318 e. The summed E-state index contributed by atoms with van der Waals surface area (Å²) < 4.78 is 13.3. The van der Waals surface area contributed by atoms with Gasteiger partial charge in [0, 0.05) is 28.9 Å². The molecule has 1 aromatic heterocycles. The van der Waals surface area contributed by atoms with Gasteiger partial charge in [0.1, 0.15) is 12.4 Å². The van der Waals surface area contributed by atoms with Gasteiger partial charge in [-0.05, 0) is 57.0 Å². The lowest BCUT2D eigenvalue weighted by molar-refractivity contribution is -0.133. The lowest BCUT2D eigenvalue weighted by atomic mass is 10.2. The van der Waals surface area contributed by atoms with Crippen LogP contribution in [0.5, 0.6) is 0 Å². The predicted molar refractivity (Wildman–Crippen MR) is 115 cm³/mol. The molecule has 158 valence electrons. The summed E-state index contributed by atoms with van der Waals surface area (Å²) in [7, 11) is 0.